The lowest BCUT2D eigenvalue weighted by atomic mass is 10.2. The second-order valence-electron chi connectivity index (χ2n) is 5.19. The van der Waals surface area contributed by atoms with Gasteiger partial charge in [0.05, 0.1) is 11.8 Å². The molecule has 1 aliphatic heterocycles. The highest BCUT2D eigenvalue weighted by molar-refractivity contribution is 7.88. The fourth-order valence-corrected chi connectivity index (χ4v) is 3.12. The van der Waals surface area contributed by atoms with Crippen LogP contribution in [0.2, 0.25) is 0 Å². The number of para-hydroxylation sites is 1. The van der Waals surface area contributed by atoms with E-state index in [0.717, 1.165) is 6.26 Å². The first-order valence-corrected chi connectivity index (χ1v) is 8.88. The van der Waals surface area contributed by atoms with Crippen LogP contribution in [0.5, 0.6) is 5.75 Å². The minimum Gasteiger partial charge on any atom is -0.483 e. The van der Waals surface area contributed by atoms with Crippen molar-refractivity contribution in [2.24, 2.45) is 5.73 Å². The third kappa shape index (κ3) is 4.42. The molecule has 8 nitrogen and oxygen atoms in total. The van der Waals surface area contributed by atoms with Crippen molar-refractivity contribution in [3.8, 4) is 5.75 Å². The second kappa shape index (κ2) is 6.97. The first-order chi connectivity index (χ1) is 10.8. The number of rotatable bonds is 5. The Bertz CT molecular complexity index is 696. The number of sulfonamides is 1. The van der Waals surface area contributed by atoms with E-state index in [1.165, 1.54) is 15.3 Å². The highest BCUT2D eigenvalue weighted by Gasteiger charge is 2.26. The van der Waals surface area contributed by atoms with Crippen molar-refractivity contribution in [1.82, 2.24) is 9.21 Å². The maximum atomic E-state index is 12.1. The van der Waals surface area contributed by atoms with Gasteiger partial charge < -0.3 is 15.4 Å². The Morgan fingerprint density at radius 3 is 2.35 bits per heavy atom. The molecule has 1 saturated heterocycles. The van der Waals surface area contributed by atoms with Crippen LogP contribution in [0, 0.1) is 0 Å². The molecule has 1 fully saturated rings. The van der Waals surface area contributed by atoms with Crippen molar-refractivity contribution >= 4 is 21.8 Å². The normalized spacial score (nSPS) is 16.1. The molecule has 0 unspecified atom stereocenters. The van der Waals surface area contributed by atoms with E-state index in [1.807, 2.05) is 0 Å². The van der Waals surface area contributed by atoms with E-state index in [-0.39, 0.29) is 36.9 Å². The van der Waals surface area contributed by atoms with Crippen molar-refractivity contribution < 1.29 is 22.7 Å². The highest BCUT2D eigenvalue weighted by atomic mass is 32.2. The van der Waals surface area contributed by atoms with Crippen LogP contribution in [0.15, 0.2) is 24.3 Å². The van der Waals surface area contributed by atoms with Gasteiger partial charge in [-0.2, -0.15) is 4.31 Å². The lowest BCUT2D eigenvalue weighted by Gasteiger charge is -2.33. The monoisotopic (exact) mass is 341 g/mol. The van der Waals surface area contributed by atoms with Crippen molar-refractivity contribution in [2.75, 3.05) is 39.0 Å². The zero-order valence-electron chi connectivity index (χ0n) is 12.8. The van der Waals surface area contributed by atoms with Crippen LogP contribution >= 0.6 is 0 Å². The van der Waals surface area contributed by atoms with E-state index in [2.05, 4.69) is 0 Å². The number of amides is 2. The van der Waals surface area contributed by atoms with Crippen molar-refractivity contribution in [3.05, 3.63) is 29.8 Å². The molecule has 0 aromatic heterocycles. The van der Waals surface area contributed by atoms with Gasteiger partial charge in [0.15, 0.2) is 6.61 Å². The molecule has 2 N–H and O–H groups in total. The molecule has 1 aromatic rings. The Labute approximate surface area is 134 Å². The number of ether oxygens (including phenoxy) is 1. The topological polar surface area (TPSA) is 110 Å². The van der Waals surface area contributed by atoms with Crippen LogP contribution in [0.3, 0.4) is 0 Å². The molecule has 9 heteroatoms. The first kappa shape index (κ1) is 17.2. The molecule has 0 radical (unpaired) electrons. The minimum absolute atomic E-state index is 0.210. The minimum atomic E-state index is -3.23. The maximum Gasteiger partial charge on any atom is 0.260 e. The van der Waals surface area contributed by atoms with E-state index >= 15 is 0 Å². The number of nitrogens with zero attached hydrogens (tertiary/aromatic N) is 2. The summed E-state index contributed by atoms with van der Waals surface area (Å²) in [5.41, 5.74) is 5.45. The average Bonchev–Trinajstić information content (AvgIpc) is 2.52. The molecule has 0 saturated carbocycles. The number of benzene rings is 1. The van der Waals surface area contributed by atoms with E-state index in [0.29, 0.717) is 13.1 Å². The number of primary amides is 1. The largest absolute Gasteiger partial charge is 0.483 e. The third-order valence-electron chi connectivity index (χ3n) is 3.56. The van der Waals surface area contributed by atoms with Gasteiger partial charge in [0.1, 0.15) is 5.75 Å². The van der Waals surface area contributed by atoms with Crippen LogP contribution < -0.4 is 10.5 Å². The third-order valence-corrected chi connectivity index (χ3v) is 4.87. The Morgan fingerprint density at radius 1 is 1.17 bits per heavy atom. The van der Waals surface area contributed by atoms with Crippen molar-refractivity contribution in [3.63, 3.8) is 0 Å². The lowest BCUT2D eigenvalue weighted by molar-refractivity contribution is -0.134. The van der Waals surface area contributed by atoms with Gasteiger partial charge in [-0.3, -0.25) is 9.59 Å². The van der Waals surface area contributed by atoms with Gasteiger partial charge in [-0.15, -0.1) is 0 Å². The van der Waals surface area contributed by atoms with Gasteiger partial charge in [-0.05, 0) is 12.1 Å². The van der Waals surface area contributed by atoms with Gasteiger partial charge >= 0.3 is 0 Å². The number of carbonyl (C=O) groups is 2. The van der Waals surface area contributed by atoms with Crippen LogP contribution in [-0.4, -0.2) is 68.5 Å². The standard InChI is InChI=1S/C14H19N3O5S/c1-23(20,21)17-8-6-16(7-9-17)13(18)10-22-12-5-3-2-4-11(12)14(15)19/h2-5H,6-10H2,1H3,(H2,15,19). The van der Waals surface area contributed by atoms with Crippen LogP contribution in [0.25, 0.3) is 0 Å². The van der Waals surface area contributed by atoms with E-state index in [1.54, 1.807) is 18.2 Å². The maximum absolute atomic E-state index is 12.1. The summed E-state index contributed by atoms with van der Waals surface area (Å²) in [4.78, 5) is 24.9. The number of hydrogen-bond acceptors (Lipinski definition) is 5. The molecule has 126 valence electrons. The molecular weight excluding hydrogens is 322 g/mol. The van der Waals surface area contributed by atoms with Crippen molar-refractivity contribution in [1.29, 1.82) is 0 Å². The number of piperazine rings is 1. The molecule has 0 spiro atoms. The SMILES string of the molecule is CS(=O)(=O)N1CCN(C(=O)COc2ccccc2C(N)=O)CC1. The molecular formula is C14H19N3O5S. The van der Waals surface area contributed by atoms with Crippen LogP contribution in [0.4, 0.5) is 0 Å². The predicted octanol–water partition coefficient (Wildman–Crippen LogP) is -0.732. The molecule has 1 aromatic carbocycles. The van der Waals surface area contributed by atoms with Gasteiger partial charge in [-0.1, -0.05) is 12.1 Å². The molecule has 0 atom stereocenters. The zero-order valence-corrected chi connectivity index (χ0v) is 13.6. The molecule has 1 aliphatic rings. The van der Waals surface area contributed by atoms with Gasteiger partial charge in [-0.25, -0.2) is 8.42 Å². The summed E-state index contributed by atoms with van der Waals surface area (Å²) in [6, 6.07) is 6.41. The summed E-state index contributed by atoms with van der Waals surface area (Å²) in [6.07, 6.45) is 1.15. The quantitative estimate of drug-likeness (QED) is 0.759. The van der Waals surface area contributed by atoms with Gasteiger partial charge in [0.25, 0.3) is 11.8 Å². The summed E-state index contributed by atoms with van der Waals surface area (Å²) in [5, 5.41) is 0. The van der Waals surface area contributed by atoms with E-state index in [9.17, 15) is 18.0 Å². The summed E-state index contributed by atoms with van der Waals surface area (Å²) in [5.74, 6) is -0.643. The van der Waals surface area contributed by atoms with E-state index in [4.69, 9.17) is 10.5 Å². The number of nitrogens with two attached hydrogens (primary N) is 1. The molecule has 2 rings (SSSR count). The Balaban J connectivity index is 1.91. The average molecular weight is 341 g/mol. The fourth-order valence-electron chi connectivity index (χ4n) is 2.30. The Kier molecular flexibility index (Phi) is 5.22. The fraction of sp³-hybridized carbons (Fsp3) is 0.429. The highest BCUT2D eigenvalue weighted by Crippen LogP contribution is 2.17. The van der Waals surface area contributed by atoms with E-state index < -0.39 is 15.9 Å². The van der Waals surface area contributed by atoms with Gasteiger partial charge in [0.2, 0.25) is 10.0 Å². The van der Waals surface area contributed by atoms with Crippen molar-refractivity contribution in [2.45, 2.75) is 0 Å². The molecule has 0 bridgehead atoms. The zero-order chi connectivity index (χ0) is 17.0. The summed E-state index contributed by atoms with van der Waals surface area (Å²) in [6.45, 7) is 0.924. The lowest BCUT2D eigenvalue weighted by Crippen LogP contribution is -2.51. The molecule has 1 heterocycles. The van der Waals surface area contributed by atoms with Gasteiger partial charge in [0, 0.05) is 26.2 Å². The summed E-state index contributed by atoms with van der Waals surface area (Å²) < 4.78 is 29.6. The molecule has 2 amide bonds. The van der Waals surface area contributed by atoms with Crippen LogP contribution in [-0.2, 0) is 14.8 Å². The Morgan fingerprint density at radius 2 is 1.78 bits per heavy atom. The first-order valence-electron chi connectivity index (χ1n) is 7.03. The van der Waals surface area contributed by atoms with Crippen LogP contribution in [0.1, 0.15) is 10.4 Å². The molecule has 23 heavy (non-hydrogen) atoms. The second-order valence-corrected chi connectivity index (χ2v) is 7.17. The number of hydrogen-bond donors (Lipinski definition) is 1. The predicted molar refractivity (Wildman–Crippen MR) is 83.5 cm³/mol. The summed E-state index contributed by atoms with van der Waals surface area (Å²) >= 11 is 0. The smallest absolute Gasteiger partial charge is 0.260 e. The summed E-state index contributed by atoms with van der Waals surface area (Å²) in [7, 11) is -3.23. The molecule has 0 aliphatic carbocycles. The Hall–Kier alpha value is -2.13. The number of carbonyl (C=O) groups excluding carboxylic acids is 2.